The van der Waals surface area contributed by atoms with Crippen LogP contribution in [0.25, 0.3) is 17.3 Å². The molecule has 5 nitrogen and oxygen atoms in total. The molecule has 1 aromatic heterocycles. The molecule has 1 atom stereocenters. The van der Waals surface area contributed by atoms with Crippen LogP contribution in [0.4, 0.5) is 4.39 Å². The van der Waals surface area contributed by atoms with Gasteiger partial charge in [-0.15, -0.1) is 0 Å². The lowest BCUT2D eigenvalue weighted by Gasteiger charge is -2.20. The molecule has 0 unspecified atom stereocenters. The Labute approximate surface area is 218 Å². The smallest absolute Gasteiger partial charge is 0.272 e. The van der Waals surface area contributed by atoms with Gasteiger partial charge in [0, 0.05) is 23.7 Å². The third kappa shape index (κ3) is 4.93. The Balaban J connectivity index is 1.61. The van der Waals surface area contributed by atoms with Crippen LogP contribution in [0.2, 0.25) is 10.0 Å². The topological polar surface area (TPSA) is 59.0 Å². The maximum atomic E-state index is 13.5. The minimum Gasteiger partial charge on any atom is -0.344 e. The van der Waals surface area contributed by atoms with Crippen LogP contribution in [-0.2, 0) is 6.54 Å². The van der Waals surface area contributed by atoms with Gasteiger partial charge in [-0.25, -0.2) is 9.07 Å². The number of rotatable bonds is 5. The third-order valence-electron chi connectivity index (χ3n) is 6.12. The van der Waals surface area contributed by atoms with Gasteiger partial charge in [0.25, 0.3) is 5.91 Å². The molecule has 1 aliphatic rings. The Bertz CT molecular complexity index is 1450. The van der Waals surface area contributed by atoms with E-state index in [0.29, 0.717) is 34.5 Å². The molecule has 1 aliphatic heterocycles. The third-order valence-corrected chi connectivity index (χ3v) is 6.65. The summed E-state index contributed by atoms with van der Waals surface area (Å²) < 4.78 is 15.2. The van der Waals surface area contributed by atoms with Crippen molar-refractivity contribution in [2.75, 3.05) is 6.54 Å². The van der Waals surface area contributed by atoms with E-state index in [2.05, 4.69) is 10.6 Å². The highest BCUT2D eigenvalue weighted by molar-refractivity contribution is 6.35. The average Bonchev–Trinajstić information content (AvgIpc) is 3.26. The highest BCUT2D eigenvalue weighted by Crippen LogP contribution is 2.33. The molecule has 36 heavy (non-hydrogen) atoms. The molecular weight excluding hydrogens is 498 g/mol. The SMILES string of the molecule is C[C@@H](NC(=O)c1nn(-c2ccc(Cl)cc2Cl)c2c1CNCC2=Cc1ccc(F)cc1)c1ccccc1. The van der Waals surface area contributed by atoms with Crippen LogP contribution in [0.15, 0.2) is 72.8 Å². The minimum absolute atomic E-state index is 0.204. The van der Waals surface area contributed by atoms with Gasteiger partial charge < -0.3 is 10.6 Å². The van der Waals surface area contributed by atoms with Gasteiger partial charge in [0.2, 0.25) is 0 Å². The fourth-order valence-corrected chi connectivity index (χ4v) is 4.82. The summed E-state index contributed by atoms with van der Waals surface area (Å²) in [4.78, 5) is 13.5. The summed E-state index contributed by atoms with van der Waals surface area (Å²) in [6.45, 7) is 2.94. The van der Waals surface area contributed by atoms with Crippen molar-refractivity contribution in [3.63, 3.8) is 0 Å². The van der Waals surface area contributed by atoms with Crippen LogP contribution in [0.1, 0.15) is 45.8 Å². The molecule has 2 N–H and O–H groups in total. The molecule has 0 saturated carbocycles. The molecule has 2 heterocycles. The second kappa shape index (κ2) is 10.3. The van der Waals surface area contributed by atoms with E-state index in [1.165, 1.54) is 12.1 Å². The predicted octanol–water partition coefficient (Wildman–Crippen LogP) is 6.45. The first-order valence-electron chi connectivity index (χ1n) is 11.5. The summed E-state index contributed by atoms with van der Waals surface area (Å²) in [7, 11) is 0. The van der Waals surface area contributed by atoms with Gasteiger partial charge in [0.05, 0.1) is 22.4 Å². The maximum absolute atomic E-state index is 13.5. The van der Waals surface area contributed by atoms with Crippen LogP contribution >= 0.6 is 23.2 Å². The van der Waals surface area contributed by atoms with E-state index in [-0.39, 0.29) is 17.8 Å². The number of aromatic nitrogens is 2. The van der Waals surface area contributed by atoms with Gasteiger partial charge >= 0.3 is 0 Å². The van der Waals surface area contributed by atoms with Gasteiger partial charge in [-0.05, 0) is 60.0 Å². The van der Waals surface area contributed by atoms with Crippen molar-refractivity contribution < 1.29 is 9.18 Å². The summed E-state index contributed by atoms with van der Waals surface area (Å²) in [6, 6.07) is 21.0. The fraction of sp³-hybridized carbons (Fsp3) is 0.143. The van der Waals surface area contributed by atoms with E-state index in [0.717, 1.165) is 28.0 Å². The summed E-state index contributed by atoms with van der Waals surface area (Å²) in [5.41, 5.74) is 5.19. The standard InChI is InChI=1S/C28H23Cl2FN4O/c1-17(19-5-3-2-4-6-19)33-28(36)26-23-16-32-15-20(13-18-7-10-22(31)11-8-18)27(23)35(34-26)25-12-9-21(29)14-24(25)30/h2-14,17,32H,15-16H2,1H3,(H,33,36)/t17-/m1/s1. The molecule has 4 aromatic rings. The van der Waals surface area contributed by atoms with Crippen molar-refractivity contribution in [1.29, 1.82) is 0 Å². The number of halogens is 3. The zero-order chi connectivity index (χ0) is 25.2. The molecule has 1 amide bonds. The van der Waals surface area contributed by atoms with E-state index in [9.17, 15) is 9.18 Å². The number of nitrogens with one attached hydrogen (secondary N) is 2. The summed E-state index contributed by atoms with van der Waals surface area (Å²) in [5.74, 6) is -0.583. The van der Waals surface area contributed by atoms with Crippen molar-refractivity contribution in [2.45, 2.75) is 19.5 Å². The zero-order valence-electron chi connectivity index (χ0n) is 19.4. The number of hydrogen-bond donors (Lipinski definition) is 2. The molecule has 0 bridgehead atoms. The second-order valence-corrected chi connectivity index (χ2v) is 9.46. The fourth-order valence-electron chi connectivity index (χ4n) is 4.33. The molecule has 182 valence electrons. The first-order valence-corrected chi connectivity index (χ1v) is 12.3. The number of hydrogen-bond acceptors (Lipinski definition) is 3. The second-order valence-electron chi connectivity index (χ2n) is 8.61. The van der Waals surface area contributed by atoms with Gasteiger partial charge in [-0.3, -0.25) is 4.79 Å². The average molecular weight is 521 g/mol. The summed E-state index contributed by atoms with van der Waals surface area (Å²) in [6.07, 6.45) is 1.96. The number of carbonyl (C=O) groups is 1. The zero-order valence-corrected chi connectivity index (χ0v) is 20.9. The molecule has 0 aliphatic carbocycles. The van der Waals surface area contributed by atoms with E-state index >= 15 is 0 Å². The predicted molar refractivity (Wildman–Crippen MR) is 142 cm³/mol. The summed E-state index contributed by atoms with van der Waals surface area (Å²) >= 11 is 12.7. The molecule has 0 saturated heterocycles. The number of carbonyl (C=O) groups excluding carboxylic acids is 1. The van der Waals surface area contributed by atoms with Crippen molar-refractivity contribution in [3.05, 3.63) is 117 Å². The molecule has 5 rings (SSSR count). The van der Waals surface area contributed by atoms with Gasteiger partial charge in [0.1, 0.15) is 5.82 Å². The normalized spacial score (nSPS) is 14.9. The first-order chi connectivity index (χ1) is 17.4. The highest BCUT2D eigenvalue weighted by Gasteiger charge is 2.29. The van der Waals surface area contributed by atoms with Crippen LogP contribution < -0.4 is 10.6 Å². The van der Waals surface area contributed by atoms with Crippen molar-refractivity contribution in [3.8, 4) is 5.69 Å². The Morgan fingerprint density at radius 2 is 1.83 bits per heavy atom. The van der Waals surface area contributed by atoms with E-state index in [4.69, 9.17) is 28.3 Å². The van der Waals surface area contributed by atoms with E-state index < -0.39 is 0 Å². The Morgan fingerprint density at radius 3 is 2.56 bits per heavy atom. The Kier molecular flexibility index (Phi) is 6.92. The van der Waals surface area contributed by atoms with Gasteiger partial charge in [-0.2, -0.15) is 5.10 Å². The Morgan fingerprint density at radius 1 is 1.08 bits per heavy atom. The molecule has 8 heteroatoms. The van der Waals surface area contributed by atoms with Crippen LogP contribution in [0.5, 0.6) is 0 Å². The quantitative estimate of drug-likeness (QED) is 0.317. The van der Waals surface area contributed by atoms with Crippen molar-refractivity contribution in [2.24, 2.45) is 0 Å². The monoisotopic (exact) mass is 520 g/mol. The van der Waals surface area contributed by atoms with Crippen LogP contribution in [-0.4, -0.2) is 22.2 Å². The van der Waals surface area contributed by atoms with Crippen LogP contribution in [0.3, 0.4) is 0 Å². The van der Waals surface area contributed by atoms with Crippen LogP contribution in [0, 0.1) is 5.82 Å². The number of amides is 1. The molecule has 0 radical (unpaired) electrons. The lowest BCUT2D eigenvalue weighted by atomic mass is 9.98. The van der Waals surface area contributed by atoms with Crippen molar-refractivity contribution >= 4 is 40.8 Å². The van der Waals surface area contributed by atoms with Gasteiger partial charge in [-0.1, -0.05) is 65.7 Å². The van der Waals surface area contributed by atoms with Crippen molar-refractivity contribution in [1.82, 2.24) is 20.4 Å². The molecule has 3 aromatic carbocycles. The lowest BCUT2D eigenvalue weighted by Crippen LogP contribution is -2.30. The number of benzene rings is 3. The lowest BCUT2D eigenvalue weighted by molar-refractivity contribution is 0.0933. The summed E-state index contributed by atoms with van der Waals surface area (Å²) in [5, 5.41) is 12.1. The molecule has 0 spiro atoms. The number of nitrogens with zero attached hydrogens (tertiary/aromatic N) is 2. The number of fused-ring (bicyclic) bond motifs is 1. The highest BCUT2D eigenvalue weighted by atomic mass is 35.5. The maximum Gasteiger partial charge on any atom is 0.272 e. The minimum atomic E-state index is -0.302. The molecular formula is C28H23Cl2FN4O. The Hall–Kier alpha value is -3.45. The first kappa shape index (κ1) is 24.3. The van der Waals surface area contributed by atoms with E-state index in [1.54, 1.807) is 35.0 Å². The largest absolute Gasteiger partial charge is 0.344 e. The van der Waals surface area contributed by atoms with E-state index in [1.807, 2.05) is 43.3 Å². The molecule has 0 fully saturated rings. The van der Waals surface area contributed by atoms with Gasteiger partial charge in [0.15, 0.2) is 5.69 Å².